The highest BCUT2D eigenvalue weighted by molar-refractivity contribution is 14.0. The molecule has 26 heavy (non-hydrogen) atoms. The van der Waals surface area contributed by atoms with Gasteiger partial charge in [-0.3, -0.25) is 4.99 Å². The molecule has 1 aliphatic rings. The lowest BCUT2D eigenvalue weighted by Crippen LogP contribution is -2.49. The fourth-order valence-corrected chi connectivity index (χ4v) is 3.53. The highest BCUT2D eigenvalue weighted by atomic mass is 127. The molecule has 0 aromatic heterocycles. The number of nitrogens with one attached hydrogen (secondary N) is 2. The lowest BCUT2D eigenvalue weighted by Gasteiger charge is -2.35. The van der Waals surface area contributed by atoms with E-state index in [1.807, 2.05) is 0 Å². The zero-order chi connectivity index (χ0) is 18.5. The second kappa shape index (κ2) is 15.9. The average Bonchev–Trinajstić information content (AvgIpc) is 2.59. The molecule has 0 spiro atoms. The summed E-state index contributed by atoms with van der Waals surface area (Å²) in [5.41, 5.74) is 0. The molecule has 0 aromatic carbocycles. The van der Waals surface area contributed by atoms with Crippen molar-refractivity contribution in [3.05, 3.63) is 0 Å². The molecule has 1 aliphatic heterocycles. The number of piperidine rings is 1. The van der Waals surface area contributed by atoms with Crippen LogP contribution in [0.1, 0.15) is 66.7 Å². The zero-order valence-electron chi connectivity index (χ0n) is 17.9. The standard InChI is InChI=1S/C20H43N5.HI/c1-6-13-24(14-7-2)15-9-12-22-20(21-8-3)23-19-10-16-25(17-11-19)18(4)5;/h18-19H,6-17H2,1-5H3,(H2,21,22,23);1H. The minimum atomic E-state index is 0. The van der Waals surface area contributed by atoms with E-state index < -0.39 is 0 Å². The molecule has 0 aliphatic carbocycles. The van der Waals surface area contributed by atoms with Crippen molar-refractivity contribution in [1.29, 1.82) is 0 Å². The van der Waals surface area contributed by atoms with Crippen molar-refractivity contribution in [2.45, 2.75) is 78.8 Å². The van der Waals surface area contributed by atoms with E-state index in [1.165, 1.54) is 51.9 Å². The Morgan fingerprint density at radius 3 is 2.19 bits per heavy atom. The summed E-state index contributed by atoms with van der Waals surface area (Å²) < 4.78 is 0. The van der Waals surface area contributed by atoms with Gasteiger partial charge < -0.3 is 20.4 Å². The first-order chi connectivity index (χ1) is 12.1. The van der Waals surface area contributed by atoms with E-state index in [1.54, 1.807) is 0 Å². The molecule has 0 aromatic rings. The summed E-state index contributed by atoms with van der Waals surface area (Å²) in [6.45, 7) is 19.1. The summed E-state index contributed by atoms with van der Waals surface area (Å²) in [6.07, 6.45) is 6.04. The largest absolute Gasteiger partial charge is 0.357 e. The maximum atomic E-state index is 4.81. The van der Waals surface area contributed by atoms with Crippen molar-refractivity contribution in [3.8, 4) is 0 Å². The van der Waals surface area contributed by atoms with E-state index in [0.29, 0.717) is 12.1 Å². The van der Waals surface area contributed by atoms with E-state index in [0.717, 1.165) is 32.0 Å². The van der Waals surface area contributed by atoms with Gasteiger partial charge in [0.05, 0.1) is 0 Å². The first kappa shape index (κ1) is 25.9. The maximum absolute atomic E-state index is 4.81. The number of aliphatic imine (C=N–C) groups is 1. The van der Waals surface area contributed by atoms with Gasteiger partial charge in [0, 0.05) is 38.3 Å². The number of hydrogen-bond acceptors (Lipinski definition) is 3. The number of likely N-dealkylation sites (tertiary alicyclic amines) is 1. The minimum absolute atomic E-state index is 0. The highest BCUT2D eigenvalue weighted by Gasteiger charge is 2.21. The van der Waals surface area contributed by atoms with Gasteiger partial charge in [0.1, 0.15) is 0 Å². The molecule has 6 heteroatoms. The summed E-state index contributed by atoms with van der Waals surface area (Å²) >= 11 is 0. The quantitative estimate of drug-likeness (QED) is 0.205. The van der Waals surface area contributed by atoms with Crippen molar-refractivity contribution in [2.75, 3.05) is 45.8 Å². The molecule has 0 radical (unpaired) electrons. The predicted molar refractivity (Wildman–Crippen MR) is 126 cm³/mol. The first-order valence-electron chi connectivity index (χ1n) is 10.6. The molecule has 1 heterocycles. The van der Waals surface area contributed by atoms with E-state index in [-0.39, 0.29) is 24.0 Å². The van der Waals surface area contributed by atoms with Crippen LogP contribution in [0.15, 0.2) is 4.99 Å². The Labute approximate surface area is 179 Å². The normalized spacial score (nSPS) is 16.8. The molecule has 0 amide bonds. The molecule has 1 rings (SSSR count). The van der Waals surface area contributed by atoms with E-state index in [2.05, 4.69) is 55.1 Å². The second-order valence-corrected chi connectivity index (χ2v) is 7.50. The number of halogens is 1. The van der Waals surface area contributed by atoms with Crippen LogP contribution in [0.25, 0.3) is 0 Å². The van der Waals surface area contributed by atoms with Gasteiger partial charge in [0.15, 0.2) is 5.96 Å². The second-order valence-electron chi connectivity index (χ2n) is 7.50. The monoisotopic (exact) mass is 481 g/mol. The van der Waals surface area contributed by atoms with E-state index in [9.17, 15) is 0 Å². The summed E-state index contributed by atoms with van der Waals surface area (Å²) in [5, 5.41) is 7.07. The van der Waals surface area contributed by atoms with Gasteiger partial charge in [-0.1, -0.05) is 13.8 Å². The highest BCUT2D eigenvalue weighted by Crippen LogP contribution is 2.12. The minimum Gasteiger partial charge on any atom is -0.357 e. The Morgan fingerprint density at radius 1 is 1.08 bits per heavy atom. The summed E-state index contributed by atoms with van der Waals surface area (Å²) in [6, 6.07) is 1.22. The van der Waals surface area contributed by atoms with Crippen molar-refractivity contribution in [1.82, 2.24) is 20.4 Å². The molecule has 0 saturated carbocycles. The molecule has 1 fully saturated rings. The number of guanidine groups is 1. The Balaban J connectivity index is 0.00000625. The molecule has 5 nitrogen and oxygen atoms in total. The Hall–Kier alpha value is -0.0800. The van der Waals surface area contributed by atoms with Crippen LogP contribution in [-0.4, -0.2) is 73.7 Å². The summed E-state index contributed by atoms with van der Waals surface area (Å²) in [7, 11) is 0. The molecule has 156 valence electrons. The van der Waals surface area contributed by atoms with Crippen molar-refractivity contribution < 1.29 is 0 Å². The van der Waals surface area contributed by atoms with Crippen LogP contribution in [0.4, 0.5) is 0 Å². The van der Waals surface area contributed by atoms with Gasteiger partial charge in [0.25, 0.3) is 0 Å². The number of nitrogens with zero attached hydrogens (tertiary/aromatic N) is 3. The van der Waals surface area contributed by atoms with E-state index in [4.69, 9.17) is 4.99 Å². The first-order valence-corrected chi connectivity index (χ1v) is 10.6. The predicted octanol–water partition coefficient (Wildman–Crippen LogP) is 3.54. The van der Waals surface area contributed by atoms with Crippen LogP contribution >= 0.6 is 24.0 Å². The number of rotatable bonds is 11. The molecule has 2 N–H and O–H groups in total. The van der Waals surface area contributed by atoms with E-state index >= 15 is 0 Å². The van der Waals surface area contributed by atoms with Crippen molar-refractivity contribution in [2.24, 2.45) is 4.99 Å². The molecule has 0 atom stereocenters. The third-order valence-corrected chi connectivity index (χ3v) is 4.93. The maximum Gasteiger partial charge on any atom is 0.191 e. The SMILES string of the molecule is CCCN(CCC)CCCN=C(NCC)NC1CCN(C(C)C)CC1.I. The lowest BCUT2D eigenvalue weighted by atomic mass is 10.0. The van der Waals surface area contributed by atoms with Crippen LogP contribution in [0.5, 0.6) is 0 Å². The van der Waals surface area contributed by atoms with Gasteiger partial charge in [-0.2, -0.15) is 0 Å². The Morgan fingerprint density at radius 2 is 1.69 bits per heavy atom. The third-order valence-electron chi connectivity index (χ3n) is 4.93. The lowest BCUT2D eigenvalue weighted by molar-refractivity contribution is 0.167. The molecule has 1 saturated heterocycles. The summed E-state index contributed by atoms with van der Waals surface area (Å²) in [5.74, 6) is 1.00. The van der Waals surface area contributed by atoms with Gasteiger partial charge in [-0.05, 0) is 72.5 Å². The van der Waals surface area contributed by atoms with Crippen molar-refractivity contribution in [3.63, 3.8) is 0 Å². The average molecular weight is 482 g/mol. The van der Waals surface area contributed by atoms with Crippen molar-refractivity contribution >= 4 is 29.9 Å². The topological polar surface area (TPSA) is 42.9 Å². The Kier molecular flexibility index (Phi) is 15.9. The zero-order valence-corrected chi connectivity index (χ0v) is 20.2. The van der Waals surface area contributed by atoms with Gasteiger partial charge in [-0.25, -0.2) is 0 Å². The van der Waals surface area contributed by atoms with Crippen LogP contribution < -0.4 is 10.6 Å². The van der Waals surface area contributed by atoms with Crippen LogP contribution in [-0.2, 0) is 0 Å². The molecule has 0 bridgehead atoms. The van der Waals surface area contributed by atoms with Crippen LogP contribution in [0, 0.1) is 0 Å². The molecule has 0 unspecified atom stereocenters. The molecular formula is C20H44IN5. The van der Waals surface area contributed by atoms with Crippen LogP contribution in [0.3, 0.4) is 0 Å². The third kappa shape index (κ3) is 10.9. The van der Waals surface area contributed by atoms with Gasteiger partial charge in [-0.15, -0.1) is 24.0 Å². The Bertz CT molecular complexity index is 348. The number of hydrogen-bond donors (Lipinski definition) is 2. The summed E-state index contributed by atoms with van der Waals surface area (Å²) in [4.78, 5) is 9.94. The van der Waals surface area contributed by atoms with Gasteiger partial charge in [0.2, 0.25) is 0 Å². The molecular weight excluding hydrogens is 437 g/mol. The smallest absolute Gasteiger partial charge is 0.191 e. The van der Waals surface area contributed by atoms with Crippen LogP contribution in [0.2, 0.25) is 0 Å². The fourth-order valence-electron chi connectivity index (χ4n) is 3.53. The van der Waals surface area contributed by atoms with Gasteiger partial charge >= 0.3 is 0 Å². The fraction of sp³-hybridized carbons (Fsp3) is 0.950.